The lowest BCUT2D eigenvalue weighted by Crippen LogP contribution is -2.07. The zero-order valence-corrected chi connectivity index (χ0v) is 16.2. The van der Waals surface area contributed by atoms with Gasteiger partial charge in [0.15, 0.2) is 21.3 Å². The molecular formula is C19H14ClFN4O2S. The van der Waals surface area contributed by atoms with E-state index in [0.29, 0.717) is 17.0 Å². The molecule has 0 aliphatic heterocycles. The van der Waals surface area contributed by atoms with E-state index in [1.807, 2.05) is 6.92 Å². The van der Waals surface area contributed by atoms with Crippen LogP contribution < -0.4 is 0 Å². The maximum Gasteiger partial charge on any atom is 0.185 e. The average molecular weight is 417 g/mol. The number of rotatable bonds is 4. The molecule has 0 unspecified atom stereocenters. The minimum Gasteiger partial charge on any atom is -0.261 e. The summed E-state index contributed by atoms with van der Waals surface area (Å²) in [4.78, 5) is 8.48. The molecule has 2 aromatic heterocycles. The minimum atomic E-state index is -3.88. The topological polar surface area (TPSA) is 88.6 Å². The number of aryl methyl sites for hydroxylation is 1. The summed E-state index contributed by atoms with van der Waals surface area (Å²) < 4.78 is 39.0. The van der Waals surface area contributed by atoms with Crippen LogP contribution in [0.3, 0.4) is 0 Å². The Balaban J connectivity index is 1.63. The Morgan fingerprint density at radius 2 is 1.86 bits per heavy atom. The van der Waals surface area contributed by atoms with Gasteiger partial charge in [0.05, 0.1) is 23.0 Å². The molecule has 6 nitrogen and oxygen atoms in total. The first-order chi connectivity index (χ1) is 13.3. The Hall–Kier alpha value is -2.84. The Morgan fingerprint density at radius 3 is 2.61 bits per heavy atom. The highest BCUT2D eigenvalue weighted by Crippen LogP contribution is 2.25. The molecule has 1 N–H and O–H groups in total. The number of hydrogen-bond donors (Lipinski definition) is 1. The van der Waals surface area contributed by atoms with Gasteiger partial charge < -0.3 is 0 Å². The number of hydrogen-bond acceptors (Lipinski definition) is 5. The number of sulfone groups is 1. The molecule has 0 saturated carbocycles. The molecule has 0 radical (unpaired) electrons. The van der Waals surface area contributed by atoms with Crippen molar-refractivity contribution < 1.29 is 12.8 Å². The Labute approximate surface area is 165 Å². The van der Waals surface area contributed by atoms with Gasteiger partial charge in [0.25, 0.3) is 0 Å². The molecule has 142 valence electrons. The summed E-state index contributed by atoms with van der Waals surface area (Å²) in [5.41, 5.74) is 2.67. The van der Waals surface area contributed by atoms with Crippen molar-refractivity contribution in [1.82, 2.24) is 20.2 Å². The first-order valence-corrected chi connectivity index (χ1v) is 10.3. The molecule has 4 rings (SSSR count). The quantitative estimate of drug-likeness (QED) is 0.541. The second-order valence-electron chi connectivity index (χ2n) is 6.30. The average Bonchev–Trinajstić information content (AvgIpc) is 3.13. The van der Waals surface area contributed by atoms with Gasteiger partial charge in [0.1, 0.15) is 10.7 Å². The molecule has 2 heterocycles. The van der Waals surface area contributed by atoms with E-state index in [9.17, 15) is 12.8 Å². The molecule has 0 aliphatic rings. The first-order valence-electron chi connectivity index (χ1n) is 8.28. The molecule has 0 saturated heterocycles. The summed E-state index contributed by atoms with van der Waals surface area (Å²) in [6.07, 6.45) is 1.66. The molecule has 0 fully saturated rings. The molecular weight excluding hydrogens is 403 g/mol. The van der Waals surface area contributed by atoms with Crippen LogP contribution in [-0.2, 0) is 15.6 Å². The highest BCUT2D eigenvalue weighted by molar-refractivity contribution is 7.90. The second-order valence-corrected chi connectivity index (χ2v) is 8.69. The van der Waals surface area contributed by atoms with E-state index in [2.05, 4.69) is 20.2 Å². The molecule has 28 heavy (non-hydrogen) atoms. The maximum absolute atomic E-state index is 13.9. The summed E-state index contributed by atoms with van der Waals surface area (Å²) in [5, 5.41) is 7.78. The summed E-state index contributed by atoms with van der Waals surface area (Å²) in [7, 11) is -3.88. The van der Waals surface area contributed by atoms with Gasteiger partial charge in [-0.25, -0.2) is 22.8 Å². The number of H-pyrrole nitrogens is 1. The third kappa shape index (κ3) is 3.48. The Kier molecular flexibility index (Phi) is 4.60. The Morgan fingerprint density at radius 1 is 1.11 bits per heavy atom. The van der Waals surface area contributed by atoms with Crippen LogP contribution in [0.5, 0.6) is 0 Å². The minimum absolute atomic E-state index is 0.164. The fourth-order valence-corrected chi connectivity index (χ4v) is 4.57. The standard InChI is InChI=1S/C19H14ClFN4O2S/c1-11-15-9-22-25-19(15)24-18(23-11)13-4-2-12(3-5-13)10-28(26,27)17-8-14(20)6-7-16(17)21/h2-9H,10H2,1H3,(H,22,23,24,25). The lowest BCUT2D eigenvalue weighted by atomic mass is 10.1. The van der Waals surface area contributed by atoms with Crippen molar-refractivity contribution in [1.29, 1.82) is 0 Å². The highest BCUT2D eigenvalue weighted by atomic mass is 35.5. The highest BCUT2D eigenvalue weighted by Gasteiger charge is 2.20. The van der Waals surface area contributed by atoms with Gasteiger partial charge in [-0.05, 0) is 30.7 Å². The number of nitrogens with one attached hydrogen (secondary N) is 1. The molecule has 0 atom stereocenters. The number of aromatic amines is 1. The van der Waals surface area contributed by atoms with Crippen LogP contribution in [0, 0.1) is 12.7 Å². The van der Waals surface area contributed by atoms with Crippen molar-refractivity contribution >= 4 is 32.5 Å². The van der Waals surface area contributed by atoms with E-state index in [4.69, 9.17) is 11.6 Å². The van der Waals surface area contributed by atoms with Crippen molar-refractivity contribution in [2.24, 2.45) is 0 Å². The van der Waals surface area contributed by atoms with E-state index in [-0.39, 0.29) is 10.8 Å². The predicted octanol–water partition coefficient (Wildman–Crippen LogP) is 4.09. The van der Waals surface area contributed by atoms with E-state index in [1.54, 1.807) is 30.5 Å². The largest absolute Gasteiger partial charge is 0.261 e. The van der Waals surface area contributed by atoms with Crippen LogP contribution in [0.25, 0.3) is 22.4 Å². The first kappa shape index (κ1) is 18.5. The molecule has 0 bridgehead atoms. The van der Waals surface area contributed by atoms with Crippen LogP contribution in [0.15, 0.2) is 53.6 Å². The molecule has 0 spiro atoms. The number of aromatic nitrogens is 4. The fourth-order valence-electron chi connectivity index (χ4n) is 2.87. The van der Waals surface area contributed by atoms with Gasteiger partial charge in [-0.1, -0.05) is 35.9 Å². The fraction of sp³-hybridized carbons (Fsp3) is 0.105. The number of fused-ring (bicyclic) bond motifs is 1. The predicted molar refractivity (Wildman–Crippen MR) is 104 cm³/mol. The lowest BCUT2D eigenvalue weighted by Gasteiger charge is -2.08. The van der Waals surface area contributed by atoms with Crippen molar-refractivity contribution in [3.8, 4) is 11.4 Å². The summed E-state index contributed by atoms with van der Waals surface area (Å²) in [6.45, 7) is 1.86. The Bertz CT molecular complexity index is 1290. The SMILES string of the molecule is Cc1nc(-c2ccc(CS(=O)(=O)c3cc(Cl)ccc3F)cc2)nc2[nH]ncc12. The maximum atomic E-state index is 13.9. The lowest BCUT2D eigenvalue weighted by molar-refractivity contribution is 0.566. The third-order valence-electron chi connectivity index (χ3n) is 4.30. The monoisotopic (exact) mass is 416 g/mol. The number of halogens is 2. The molecule has 9 heteroatoms. The van der Waals surface area contributed by atoms with Crippen LogP contribution >= 0.6 is 11.6 Å². The van der Waals surface area contributed by atoms with Crippen LogP contribution in [0.1, 0.15) is 11.3 Å². The van der Waals surface area contributed by atoms with Crippen LogP contribution in [0.2, 0.25) is 5.02 Å². The van der Waals surface area contributed by atoms with Crippen molar-refractivity contribution in [3.05, 3.63) is 70.8 Å². The van der Waals surface area contributed by atoms with Crippen LogP contribution in [0.4, 0.5) is 4.39 Å². The van der Waals surface area contributed by atoms with Crippen LogP contribution in [-0.4, -0.2) is 28.6 Å². The van der Waals surface area contributed by atoms with E-state index in [0.717, 1.165) is 28.8 Å². The summed E-state index contributed by atoms with van der Waals surface area (Å²) in [6, 6.07) is 10.3. The van der Waals surface area contributed by atoms with E-state index < -0.39 is 20.5 Å². The van der Waals surface area contributed by atoms with E-state index in [1.165, 1.54) is 6.07 Å². The second kappa shape index (κ2) is 6.96. The zero-order valence-electron chi connectivity index (χ0n) is 14.6. The summed E-state index contributed by atoms with van der Waals surface area (Å²) >= 11 is 5.81. The number of benzene rings is 2. The smallest absolute Gasteiger partial charge is 0.185 e. The van der Waals surface area contributed by atoms with Crippen molar-refractivity contribution in [3.63, 3.8) is 0 Å². The normalized spacial score (nSPS) is 11.8. The van der Waals surface area contributed by atoms with Gasteiger partial charge >= 0.3 is 0 Å². The van der Waals surface area contributed by atoms with E-state index >= 15 is 0 Å². The molecule has 0 amide bonds. The molecule has 2 aromatic carbocycles. The van der Waals surface area contributed by atoms with Gasteiger partial charge in [-0.15, -0.1) is 0 Å². The zero-order chi connectivity index (χ0) is 19.9. The molecule has 0 aliphatic carbocycles. The van der Waals surface area contributed by atoms with Gasteiger partial charge in [-0.2, -0.15) is 5.10 Å². The van der Waals surface area contributed by atoms with Gasteiger partial charge in [0.2, 0.25) is 0 Å². The van der Waals surface area contributed by atoms with Crippen molar-refractivity contribution in [2.45, 2.75) is 17.6 Å². The van der Waals surface area contributed by atoms with Gasteiger partial charge in [-0.3, -0.25) is 5.10 Å². The van der Waals surface area contributed by atoms with Crippen molar-refractivity contribution in [2.75, 3.05) is 0 Å². The van der Waals surface area contributed by atoms with Gasteiger partial charge in [0, 0.05) is 10.6 Å². The summed E-state index contributed by atoms with van der Waals surface area (Å²) in [5.74, 6) is -0.661. The third-order valence-corrected chi connectivity index (χ3v) is 6.23. The number of nitrogens with zero attached hydrogens (tertiary/aromatic N) is 3. The molecule has 4 aromatic rings.